The van der Waals surface area contributed by atoms with Crippen molar-refractivity contribution in [2.45, 2.75) is 0 Å². The summed E-state index contributed by atoms with van der Waals surface area (Å²) in [6.07, 6.45) is 6.01. The molecule has 3 N–H and O–H groups in total. The number of nitrogens with zero attached hydrogens (tertiary/aromatic N) is 2. The Bertz CT molecular complexity index is 1490. The minimum absolute atomic E-state index is 0. The molecule has 6 nitrogen and oxygen atoms in total. The lowest BCUT2D eigenvalue weighted by atomic mass is 10.1. The highest BCUT2D eigenvalue weighted by atomic mass is 35.5. The summed E-state index contributed by atoms with van der Waals surface area (Å²) in [5.74, 6) is -0.148. The molecule has 0 saturated carbocycles. The Balaban J connectivity index is 0.00000190. The van der Waals surface area contributed by atoms with E-state index in [-0.39, 0.29) is 30.7 Å². The summed E-state index contributed by atoms with van der Waals surface area (Å²) in [5.41, 5.74) is 6.39. The quantitative estimate of drug-likeness (QED) is 0.252. The van der Waals surface area contributed by atoms with Gasteiger partial charge in [-0.05, 0) is 54.6 Å². The summed E-state index contributed by atoms with van der Waals surface area (Å²) in [4.78, 5) is 12.8. The third-order valence-electron chi connectivity index (χ3n) is 5.88. The number of aromatic nitrogens is 2. The molecule has 0 spiro atoms. The van der Waals surface area contributed by atoms with E-state index in [1.54, 1.807) is 0 Å². The molecule has 0 unspecified atom stereocenters. The molecular formula is C29H27Cl2N5O. The monoisotopic (exact) mass is 531 g/mol. The molecule has 0 radical (unpaired) electrons. The van der Waals surface area contributed by atoms with Crippen LogP contribution in [-0.2, 0) is 14.1 Å². The predicted octanol–water partition coefficient (Wildman–Crippen LogP) is -0.764. The van der Waals surface area contributed by atoms with Gasteiger partial charge in [0.25, 0.3) is 5.91 Å². The number of benzene rings is 3. The second kappa shape index (κ2) is 12.2. The zero-order valence-corrected chi connectivity index (χ0v) is 22.0. The molecule has 5 rings (SSSR count). The van der Waals surface area contributed by atoms with E-state index >= 15 is 0 Å². The highest BCUT2D eigenvalue weighted by Crippen LogP contribution is 2.25. The molecule has 3 aromatic carbocycles. The zero-order chi connectivity index (χ0) is 24.2. The normalized spacial score (nSPS) is 10.1. The summed E-state index contributed by atoms with van der Waals surface area (Å²) < 4.78 is 4.08. The van der Waals surface area contributed by atoms with Gasteiger partial charge in [0, 0.05) is 46.9 Å². The first-order chi connectivity index (χ1) is 17.0. The van der Waals surface area contributed by atoms with Gasteiger partial charge < -0.3 is 40.8 Å². The number of carbonyl (C=O) groups excluding carboxylic acids is 1. The van der Waals surface area contributed by atoms with Crippen LogP contribution in [0.25, 0.3) is 10.9 Å². The smallest absolute Gasteiger partial charge is 0.255 e. The van der Waals surface area contributed by atoms with Crippen LogP contribution in [0.1, 0.15) is 10.4 Å². The lowest BCUT2D eigenvalue weighted by Crippen LogP contribution is -3.00. The molecule has 5 aromatic rings. The Morgan fingerprint density at radius 1 is 0.622 bits per heavy atom. The molecule has 0 saturated heterocycles. The maximum atomic E-state index is 12.8. The number of rotatable bonds is 6. The number of carbonyl (C=O) groups is 1. The van der Waals surface area contributed by atoms with E-state index in [2.05, 4.69) is 38.7 Å². The van der Waals surface area contributed by atoms with E-state index in [9.17, 15) is 4.79 Å². The molecule has 188 valence electrons. The summed E-state index contributed by atoms with van der Waals surface area (Å²) in [6, 6.07) is 29.5. The van der Waals surface area contributed by atoms with Crippen LogP contribution >= 0.6 is 0 Å². The fourth-order valence-corrected chi connectivity index (χ4v) is 3.93. The Morgan fingerprint density at radius 2 is 1.19 bits per heavy atom. The van der Waals surface area contributed by atoms with E-state index in [0.29, 0.717) is 5.56 Å². The van der Waals surface area contributed by atoms with E-state index in [1.807, 2.05) is 110 Å². The van der Waals surface area contributed by atoms with Crippen molar-refractivity contribution in [1.82, 2.24) is 0 Å². The van der Waals surface area contributed by atoms with Crippen LogP contribution in [-0.4, -0.2) is 5.91 Å². The molecule has 0 aliphatic heterocycles. The van der Waals surface area contributed by atoms with Gasteiger partial charge in [0.2, 0.25) is 5.52 Å². The van der Waals surface area contributed by atoms with Gasteiger partial charge in [-0.25, -0.2) is 9.13 Å². The molecule has 37 heavy (non-hydrogen) atoms. The summed E-state index contributed by atoms with van der Waals surface area (Å²) in [5, 5.41) is 10.9. The van der Waals surface area contributed by atoms with E-state index < -0.39 is 0 Å². The molecule has 0 aliphatic carbocycles. The van der Waals surface area contributed by atoms with E-state index in [1.165, 1.54) is 0 Å². The second-order valence-corrected chi connectivity index (χ2v) is 8.47. The van der Waals surface area contributed by atoms with E-state index in [0.717, 1.165) is 39.3 Å². The topological polar surface area (TPSA) is 60.9 Å². The molecule has 0 atom stereocenters. The fraction of sp³-hybridized carbons (Fsp3) is 0.0690. The maximum absolute atomic E-state index is 12.8. The van der Waals surface area contributed by atoms with E-state index in [4.69, 9.17) is 0 Å². The number of anilines is 5. The van der Waals surface area contributed by atoms with Gasteiger partial charge in [-0.3, -0.25) is 4.79 Å². The summed E-state index contributed by atoms with van der Waals surface area (Å²) in [6.45, 7) is 0. The number of nitrogens with one attached hydrogen (secondary N) is 3. The fourth-order valence-electron chi connectivity index (χ4n) is 3.93. The Labute approximate surface area is 228 Å². The molecule has 2 heterocycles. The number of amides is 1. The van der Waals surface area contributed by atoms with Crippen molar-refractivity contribution in [2.75, 3.05) is 16.0 Å². The van der Waals surface area contributed by atoms with Gasteiger partial charge in [-0.1, -0.05) is 12.1 Å². The summed E-state index contributed by atoms with van der Waals surface area (Å²) in [7, 11) is 4.02. The second-order valence-electron chi connectivity index (χ2n) is 8.47. The van der Waals surface area contributed by atoms with Crippen molar-refractivity contribution in [3.63, 3.8) is 0 Å². The van der Waals surface area contributed by atoms with Crippen LogP contribution in [0.2, 0.25) is 0 Å². The number of pyridine rings is 2. The van der Waals surface area contributed by atoms with Gasteiger partial charge in [-0.2, -0.15) is 0 Å². The van der Waals surface area contributed by atoms with Crippen LogP contribution in [0.5, 0.6) is 0 Å². The molecule has 0 fully saturated rings. The minimum atomic E-state index is -0.148. The van der Waals surface area contributed by atoms with Crippen molar-refractivity contribution in [1.29, 1.82) is 0 Å². The third-order valence-corrected chi connectivity index (χ3v) is 5.88. The number of hydrogen-bond acceptors (Lipinski definition) is 3. The standard InChI is InChI=1S/C29H25N5O.2ClH/c1-33-18-15-25(16-19-33)30-22-11-13-24(14-12-22)32-29(35)21-7-9-23(10-8-21)31-27-17-20-34(2)28-6-4-3-5-26(27)28;;/h3-20H,1-2H3,(H,32,35);2*1H. The largest absolute Gasteiger partial charge is 1.00 e. The first-order valence-electron chi connectivity index (χ1n) is 11.4. The van der Waals surface area contributed by atoms with Gasteiger partial charge in [0.15, 0.2) is 18.6 Å². The average molecular weight is 532 g/mol. The average Bonchev–Trinajstić information content (AvgIpc) is 2.89. The Hall–Kier alpha value is -4.13. The number of fused-ring (bicyclic) bond motifs is 1. The third kappa shape index (κ3) is 6.55. The van der Waals surface area contributed by atoms with Crippen molar-refractivity contribution in [2.24, 2.45) is 14.1 Å². The Kier molecular flexibility index (Phi) is 9.06. The molecule has 0 aliphatic rings. The van der Waals surface area contributed by atoms with Crippen LogP contribution in [0.3, 0.4) is 0 Å². The summed E-state index contributed by atoms with van der Waals surface area (Å²) >= 11 is 0. The van der Waals surface area contributed by atoms with Gasteiger partial charge in [0.05, 0.1) is 16.8 Å². The molecular weight excluding hydrogens is 505 g/mol. The number of para-hydroxylation sites is 1. The van der Waals surface area contributed by atoms with Gasteiger partial charge in [0.1, 0.15) is 14.1 Å². The molecule has 2 aromatic heterocycles. The van der Waals surface area contributed by atoms with Crippen molar-refractivity contribution in [3.8, 4) is 0 Å². The molecule has 8 heteroatoms. The molecule has 1 amide bonds. The van der Waals surface area contributed by atoms with Crippen molar-refractivity contribution >= 4 is 45.2 Å². The Morgan fingerprint density at radius 3 is 1.89 bits per heavy atom. The van der Waals surface area contributed by atoms with Crippen molar-refractivity contribution < 1.29 is 38.7 Å². The van der Waals surface area contributed by atoms with Crippen LogP contribution < -0.4 is 49.9 Å². The van der Waals surface area contributed by atoms with Gasteiger partial charge in [-0.15, -0.1) is 0 Å². The predicted molar refractivity (Wildman–Crippen MR) is 140 cm³/mol. The van der Waals surface area contributed by atoms with Crippen molar-refractivity contribution in [3.05, 3.63) is 115 Å². The lowest BCUT2D eigenvalue weighted by Gasteiger charge is -2.10. The van der Waals surface area contributed by atoms with Crippen LogP contribution in [0.15, 0.2) is 110 Å². The van der Waals surface area contributed by atoms with Crippen LogP contribution in [0.4, 0.5) is 28.4 Å². The number of halogens is 2. The zero-order valence-electron chi connectivity index (χ0n) is 20.5. The highest BCUT2D eigenvalue weighted by Gasteiger charge is 2.10. The van der Waals surface area contributed by atoms with Gasteiger partial charge >= 0.3 is 0 Å². The molecule has 0 bridgehead atoms. The first-order valence-corrected chi connectivity index (χ1v) is 11.4. The van der Waals surface area contributed by atoms with Crippen LogP contribution in [0, 0.1) is 0 Å². The highest BCUT2D eigenvalue weighted by molar-refractivity contribution is 6.04. The first kappa shape index (κ1) is 27.5. The minimum Gasteiger partial charge on any atom is -1.00 e. The number of aryl methyl sites for hydroxylation is 2. The lowest BCUT2D eigenvalue weighted by molar-refractivity contribution is -0.671. The SMILES string of the molecule is C[n+]1ccc(Nc2ccc(NC(=O)c3ccc(Nc4cc[n+](C)c5ccccc45)cc3)cc2)cc1.[Cl-].[Cl-]. The maximum Gasteiger partial charge on any atom is 0.255 e. The number of hydrogen-bond donors (Lipinski definition) is 3.